The van der Waals surface area contributed by atoms with Gasteiger partial charge in [-0.05, 0) is 60.7 Å². The van der Waals surface area contributed by atoms with Gasteiger partial charge in [0.05, 0.1) is 5.56 Å². The van der Waals surface area contributed by atoms with Crippen molar-refractivity contribution in [3.63, 3.8) is 0 Å². The Bertz CT molecular complexity index is 873. The number of rotatable bonds is 8. The normalized spacial score (nSPS) is 10.6. The number of thioether (sulfide) groups is 1. The van der Waals surface area contributed by atoms with Crippen molar-refractivity contribution in [3.8, 4) is 0 Å². The second-order valence-electron chi connectivity index (χ2n) is 5.68. The quantitative estimate of drug-likeness (QED) is 0.414. The van der Waals surface area contributed by atoms with Crippen LogP contribution in [0.4, 0.5) is 4.39 Å². The average molecular weight is 399 g/mol. The van der Waals surface area contributed by atoms with Gasteiger partial charge in [0, 0.05) is 22.5 Å². The Kier molecular flexibility index (Phi) is 7.30. The zero-order valence-corrected chi connectivity index (χ0v) is 16.2. The maximum Gasteiger partial charge on any atom is 0.254 e. The standard InChI is InChI=1S/C21H19FN2OS2/c22-16-9-11-17(12-10-16)26-15-5-14-23-20(25)19-8-4-13-24-21(19)27-18-6-2-1-3-7-18/h1-4,6-13H,5,14-15H2,(H,23,25). The predicted molar refractivity (Wildman–Crippen MR) is 109 cm³/mol. The fourth-order valence-corrected chi connectivity index (χ4v) is 4.09. The van der Waals surface area contributed by atoms with Crippen LogP contribution >= 0.6 is 23.5 Å². The van der Waals surface area contributed by atoms with E-state index in [2.05, 4.69) is 10.3 Å². The molecule has 0 spiro atoms. The van der Waals surface area contributed by atoms with Crippen molar-refractivity contribution in [1.82, 2.24) is 10.3 Å². The molecule has 0 saturated carbocycles. The van der Waals surface area contributed by atoms with Crippen molar-refractivity contribution in [2.75, 3.05) is 12.3 Å². The fraction of sp³-hybridized carbons (Fsp3) is 0.143. The van der Waals surface area contributed by atoms with Crippen LogP contribution in [0, 0.1) is 5.82 Å². The number of benzene rings is 2. The minimum Gasteiger partial charge on any atom is -0.352 e. The lowest BCUT2D eigenvalue weighted by molar-refractivity contribution is 0.0950. The first-order chi connectivity index (χ1) is 13.2. The van der Waals surface area contributed by atoms with Crippen LogP contribution in [-0.4, -0.2) is 23.2 Å². The van der Waals surface area contributed by atoms with E-state index < -0.39 is 0 Å². The van der Waals surface area contributed by atoms with Crippen molar-refractivity contribution >= 4 is 29.4 Å². The fourth-order valence-electron chi connectivity index (χ4n) is 2.34. The molecule has 6 heteroatoms. The first kappa shape index (κ1) is 19.5. The van der Waals surface area contributed by atoms with Crippen LogP contribution in [0.2, 0.25) is 0 Å². The van der Waals surface area contributed by atoms with Gasteiger partial charge in [0.25, 0.3) is 5.91 Å². The van der Waals surface area contributed by atoms with E-state index in [1.165, 1.54) is 23.9 Å². The first-order valence-electron chi connectivity index (χ1n) is 8.57. The third kappa shape index (κ3) is 6.12. The summed E-state index contributed by atoms with van der Waals surface area (Å²) >= 11 is 3.13. The molecule has 0 unspecified atom stereocenters. The van der Waals surface area contributed by atoms with E-state index >= 15 is 0 Å². The average Bonchev–Trinajstić information content (AvgIpc) is 2.70. The number of halogens is 1. The lowest BCUT2D eigenvalue weighted by Gasteiger charge is -2.09. The van der Waals surface area contributed by atoms with Gasteiger partial charge in [0.1, 0.15) is 10.8 Å². The van der Waals surface area contributed by atoms with E-state index in [4.69, 9.17) is 0 Å². The highest BCUT2D eigenvalue weighted by molar-refractivity contribution is 7.99. The summed E-state index contributed by atoms with van der Waals surface area (Å²) in [5.74, 6) is 0.505. The second-order valence-corrected chi connectivity index (χ2v) is 7.91. The van der Waals surface area contributed by atoms with Crippen molar-refractivity contribution < 1.29 is 9.18 Å². The van der Waals surface area contributed by atoms with E-state index in [1.54, 1.807) is 42.2 Å². The summed E-state index contributed by atoms with van der Waals surface area (Å²) in [6.07, 6.45) is 2.52. The van der Waals surface area contributed by atoms with Crippen LogP contribution in [0.5, 0.6) is 0 Å². The molecule has 3 rings (SSSR count). The molecule has 1 amide bonds. The Morgan fingerprint density at radius 1 is 0.963 bits per heavy atom. The van der Waals surface area contributed by atoms with Gasteiger partial charge in [-0.1, -0.05) is 30.0 Å². The molecule has 0 aliphatic heterocycles. The van der Waals surface area contributed by atoms with Crippen molar-refractivity contribution in [2.24, 2.45) is 0 Å². The molecule has 1 heterocycles. The highest BCUT2D eigenvalue weighted by Crippen LogP contribution is 2.28. The smallest absolute Gasteiger partial charge is 0.254 e. The van der Waals surface area contributed by atoms with Gasteiger partial charge in [-0.3, -0.25) is 4.79 Å². The molecule has 2 aromatic carbocycles. The van der Waals surface area contributed by atoms with E-state index in [-0.39, 0.29) is 11.7 Å². The monoisotopic (exact) mass is 398 g/mol. The maximum atomic E-state index is 12.9. The molecule has 1 N–H and O–H groups in total. The molecule has 138 valence electrons. The van der Waals surface area contributed by atoms with Gasteiger partial charge in [-0.25, -0.2) is 9.37 Å². The van der Waals surface area contributed by atoms with Gasteiger partial charge >= 0.3 is 0 Å². The zero-order chi connectivity index (χ0) is 18.9. The van der Waals surface area contributed by atoms with Crippen molar-refractivity contribution in [1.29, 1.82) is 0 Å². The molecule has 0 saturated heterocycles. The third-order valence-electron chi connectivity index (χ3n) is 3.66. The van der Waals surface area contributed by atoms with Gasteiger partial charge in [-0.2, -0.15) is 0 Å². The minimum atomic E-state index is -0.229. The number of aromatic nitrogens is 1. The Morgan fingerprint density at radius 3 is 2.52 bits per heavy atom. The van der Waals surface area contributed by atoms with E-state index in [0.29, 0.717) is 17.1 Å². The molecule has 3 aromatic rings. The van der Waals surface area contributed by atoms with Crippen LogP contribution in [0.3, 0.4) is 0 Å². The predicted octanol–water partition coefficient (Wildman–Crippen LogP) is 5.28. The Labute approximate surface area is 166 Å². The molecule has 1 aromatic heterocycles. The topological polar surface area (TPSA) is 42.0 Å². The number of pyridine rings is 1. The summed E-state index contributed by atoms with van der Waals surface area (Å²) in [7, 11) is 0. The van der Waals surface area contributed by atoms with Crippen LogP contribution in [-0.2, 0) is 0 Å². The highest BCUT2D eigenvalue weighted by Gasteiger charge is 2.12. The zero-order valence-electron chi connectivity index (χ0n) is 14.6. The van der Waals surface area contributed by atoms with Crippen LogP contribution in [0.1, 0.15) is 16.8 Å². The molecule has 0 radical (unpaired) electrons. The number of hydrogen-bond donors (Lipinski definition) is 1. The number of carbonyl (C=O) groups excluding carboxylic acids is 1. The molecule has 0 aliphatic rings. The second kappa shape index (κ2) is 10.1. The number of nitrogens with one attached hydrogen (secondary N) is 1. The van der Waals surface area contributed by atoms with Gasteiger partial charge in [-0.15, -0.1) is 11.8 Å². The lowest BCUT2D eigenvalue weighted by atomic mass is 10.2. The Hall–Kier alpha value is -2.31. The van der Waals surface area contributed by atoms with Crippen LogP contribution in [0.25, 0.3) is 0 Å². The summed E-state index contributed by atoms with van der Waals surface area (Å²) in [5, 5.41) is 3.65. The van der Waals surface area contributed by atoms with Gasteiger partial charge < -0.3 is 5.32 Å². The van der Waals surface area contributed by atoms with Crippen LogP contribution < -0.4 is 5.32 Å². The van der Waals surface area contributed by atoms with Crippen LogP contribution in [0.15, 0.2) is 87.7 Å². The Balaban J connectivity index is 1.48. The molecule has 0 bridgehead atoms. The van der Waals surface area contributed by atoms with E-state index in [0.717, 1.165) is 22.0 Å². The van der Waals surface area contributed by atoms with E-state index in [1.807, 2.05) is 30.3 Å². The largest absolute Gasteiger partial charge is 0.352 e. The van der Waals surface area contributed by atoms with Crippen molar-refractivity contribution in [3.05, 3.63) is 84.3 Å². The summed E-state index contributed by atoms with van der Waals surface area (Å²) in [5.41, 5.74) is 0.581. The Morgan fingerprint density at radius 2 is 1.74 bits per heavy atom. The molecular formula is C21H19FN2OS2. The molecule has 0 fully saturated rings. The number of nitrogens with zero attached hydrogens (tertiary/aromatic N) is 1. The first-order valence-corrected chi connectivity index (χ1v) is 10.4. The maximum absolute atomic E-state index is 12.9. The molecule has 3 nitrogen and oxygen atoms in total. The van der Waals surface area contributed by atoms with Gasteiger partial charge in [0.15, 0.2) is 0 Å². The number of amides is 1. The van der Waals surface area contributed by atoms with Gasteiger partial charge in [0.2, 0.25) is 0 Å². The summed E-state index contributed by atoms with van der Waals surface area (Å²) in [4.78, 5) is 18.9. The molecule has 27 heavy (non-hydrogen) atoms. The molecular weight excluding hydrogens is 379 g/mol. The number of hydrogen-bond acceptors (Lipinski definition) is 4. The van der Waals surface area contributed by atoms with E-state index in [9.17, 15) is 9.18 Å². The SMILES string of the molecule is O=C(NCCCSc1ccc(F)cc1)c1cccnc1Sc1ccccc1. The lowest BCUT2D eigenvalue weighted by Crippen LogP contribution is -2.25. The molecule has 0 aliphatic carbocycles. The van der Waals surface area contributed by atoms with Crippen molar-refractivity contribution in [2.45, 2.75) is 21.2 Å². The highest BCUT2D eigenvalue weighted by atomic mass is 32.2. The summed E-state index contributed by atoms with van der Waals surface area (Å²) in [6, 6.07) is 19.9. The summed E-state index contributed by atoms with van der Waals surface area (Å²) in [6.45, 7) is 0.581. The number of carbonyl (C=O) groups is 1. The summed E-state index contributed by atoms with van der Waals surface area (Å²) < 4.78 is 12.9. The molecule has 0 atom stereocenters. The minimum absolute atomic E-state index is 0.117. The third-order valence-corrected chi connectivity index (χ3v) is 5.79.